The standard InChI is InChI=1S/C14H12IN3O2/c15-10-5-3-4-9(8-10)14(19)17-12-7-2-1-6-11(12)13(16)18-20/h1-8,20H,(H2,16,18)(H,17,19). The van der Waals surface area contributed by atoms with Gasteiger partial charge in [0.2, 0.25) is 0 Å². The number of oxime groups is 1. The third-order valence-corrected chi connectivity index (χ3v) is 3.32. The Balaban J connectivity index is 2.29. The van der Waals surface area contributed by atoms with Gasteiger partial charge in [0, 0.05) is 14.7 Å². The molecule has 0 unspecified atom stereocenters. The Morgan fingerprint density at radius 3 is 2.65 bits per heavy atom. The molecule has 0 spiro atoms. The molecule has 5 nitrogen and oxygen atoms in total. The molecule has 0 saturated carbocycles. The molecule has 102 valence electrons. The first kappa shape index (κ1) is 14.3. The van der Waals surface area contributed by atoms with Gasteiger partial charge in [0.05, 0.1) is 5.69 Å². The van der Waals surface area contributed by atoms with Crippen LogP contribution in [0.2, 0.25) is 0 Å². The number of nitrogens with two attached hydrogens (primary N) is 1. The Bertz CT molecular complexity index is 671. The lowest BCUT2D eigenvalue weighted by atomic mass is 10.1. The first-order chi connectivity index (χ1) is 9.61. The molecule has 1 amide bonds. The zero-order chi connectivity index (χ0) is 14.5. The van der Waals surface area contributed by atoms with E-state index in [2.05, 4.69) is 33.1 Å². The van der Waals surface area contributed by atoms with Gasteiger partial charge in [-0.25, -0.2) is 0 Å². The number of rotatable bonds is 3. The van der Waals surface area contributed by atoms with Gasteiger partial charge in [0.15, 0.2) is 5.84 Å². The normalized spacial score (nSPS) is 11.2. The Morgan fingerprint density at radius 2 is 1.95 bits per heavy atom. The smallest absolute Gasteiger partial charge is 0.255 e. The van der Waals surface area contributed by atoms with E-state index >= 15 is 0 Å². The van der Waals surface area contributed by atoms with Crippen LogP contribution >= 0.6 is 22.6 Å². The number of nitrogens with one attached hydrogen (secondary N) is 1. The van der Waals surface area contributed by atoms with Crippen molar-refractivity contribution in [2.75, 3.05) is 5.32 Å². The van der Waals surface area contributed by atoms with Crippen LogP contribution in [0.4, 0.5) is 5.69 Å². The predicted molar refractivity (Wildman–Crippen MR) is 86.1 cm³/mol. The van der Waals surface area contributed by atoms with E-state index in [0.29, 0.717) is 16.8 Å². The van der Waals surface area contributed by atoms with Gasteiger partial charge in [-0.3, -0.25) is 4.79 Å². The SMILES string of the molecule is N/C(=N/O)c1ccccc1NC(=O)c1cccc(I)c1. The van der Waals surface area contributed by atoms with Crippen molar-refractivity contribution in [2.24, 2.45) is 10.9 Å². The van der Waals surface area contributed by atoms with Crippen LogP contribution in [0.1, 0.15) is 15.9 Å². The van der Waals surface area contributed by atoms with Crippen molar-refractivity contribution in [1.29, 1.82) is 0 Å². The van der Waals surface area contributed by atoms with Crippen LogP contribution in [0.5, 0.6) is 0 Å². The summed E-state index contributed by atoms with van der Waals surface area (Å²) >= 11 is 2.14. The monoisotopic (exact) mass is 381 g/mol. The lowest BCUT2D eigenvalue weighted by Gasteiger charge is -2.10. The maximum atomic E-state index is 12.2. The summed E-state index contributed by atoms with van der Waals surface area (Å²) in [7, 11) is 0. The molecule has 6 heteroatoms. The van der Waals surface area contributed by atoms with Gasteiger partial charge in [0.25, 0.3) is 5.91 Å². The number of nitrogens with zero attached hydrogens (tertiary/aromatic N) is 1. The number of para-hydroxylation sites is 1. The predicted octanol–water partition coefficient (Wildman–Crippen LogP) is 2.64. The number of hydrogen-bond donors (Lipinski definition) is 3. The first-order valence-electron chi connectivity index (χ1n) is 5.75. The van der Waals surface area contributed by atoms with Crippen molar-refractivity contribution in [2.45, 2.75) is 0 Å². The summed E-state index contributed by atoms with van der Waals surface area (Å²) in [5.74, 6) is -0.301. The molecule has 0 aliphatic rings. The summed E-state index contributed by atoms with van der Waals surface area (Å²) in [5, 5.41) is 14.5. The molecule has 0 fully saturated rings. The highest BCUT2D eigenvalue weighted by atomic mass is 127. The molecule has 4 N–H and O–H groups in total. The molecule has 0 aromatic heterocycles. The van der Waals surface area contributed by atoms with Crippen molar-refractivity contribution in [3.63, 3.8) is 0 Å². The highest BCUT2D eigenvalue weighted by Crippen LogP contribution is 2.16. The van der Waals surface area contributed by atoms with Gasteiger partial charge < -0.3 is 16.3 Å². The van der Waals surface area contributed by atoms with Crippen LogP contribution in [0, 0.1) is 3.57 Å². The van der Waals surface area contributed by atoms with E-state index in [0.717, 1.165) is 3.57 Å². The molecule has 2 aromatic carbocycles. The molecule has 0 heterocycles. The van der Waals surface area contributed by atoms with E-state index < -0.39 is 0 Å². The number of benzene rings is 2. The van der Waals surface area contributed by atoms with Gasteiger partial charge >= 0.3 is 0 Å². The third-order valence-electron chi connectivity index (χ3n) is 2.65. The molecular weight excluding hydrogens is 369 g/mol. The minimum atomic E-state index is -0.248. The van der Waals surface area contributed by atoms with E-state index in [-0.39, 0.29) is 11.7 Å². The molecule has 0 saturated heterocycles. The molecular formula is C14H12IN3O2. The fourth-order valence-corrected chi connectivity index (χ4v) is 2.24. The lowest BCUT2D eigenvalue weighted by molar-refractivity contribution is 0.102. The number of halogens is 1. The molecule has 0 radical (unpaired) electrons. The summed E-state index contributed by atoms with van der Waals surface area (Å²) < 4.78 is 0.972. The molecule has 0 bridgehead atoms. The summed E-state index contributed by atoms with van der Waals surface area (Å²) in [6, 6.07) is 14.1. The first-order valence-corrected chi connectivity index (χ1v) is 6.83. The quantitative estimate of drug-likeness (QED) is 0.251. The van der Waals surface area contributed by atoms with Crippen molar-refractivity contribution in [1.82, 2.24) is 0 Å². The van der Waals surface area contributed by atoms with Gasteiger partial charge in [0.1, 0.15) is 0 Å². The van der Waals surface area contributed by atoms with Crippen molar-refractivity contribution < 1.29 is 10.0 Å². The minimum absolute atomic E-state index is 0.0523. The van der Waals surface area contributed by atoms with Crippen LogP contribution in [0.3, 0.4) is 0 Å². The van der Waals surface area contributed by atoms with Crippen LogP contribution in [-0.2, 0) is 0 Å². The maximum Gasteiger partial charge on any atom is 0.255 e. The summed E-state index contributed by atoms with van der Waals surface area (Å²) in [5.41, 5.74) is 7.09. The maximum absolute atomic E-state index is 12.2. The minimum Gasteiger partial charge on any atom is -0.409 e. The van der Waals surface area contributed by atoms with Crippen LogP contribution in [-0.4, -0.2) is 17.0 Å². The Morgan fingerprint density at radius 1 is 1.20 bits per heavy atom. The average molecular weight is 381 g/mol. The van der Waals surface area contributed by atoms with Gasteiger partial charge in [-0.05, 0) is 52.9 Å². The molecule has 0 atom stereocenters. The lowest BCUT2D eigenvalue weighted by Crippen LogP contribution is -2.19. The van der Waals surface area contributed by atoms with Crippen molar-refractivity contribution in [3.8, 4) is 0 Å². The number of carbonyl (C=O) groups is 1. The molecule has 0 aliphatic carbocycles. The number of anilines is 1. The van der Waals surface area contributed by atoms with E-state index in [9.17, 15) is 4.79 Å². The topological polar surface area (TPSA) is 87.7 Å². The van der Waals surface area contributed by atoms with Crippen LogP contribution in [0.25, 0.3) is 0 Å². The average Bonchev–Trinajstić information content (AvgIpc) is 2.47. The highest BCUT2D eigenvalue weighted by Gasteiger charge is 2.11. The third kappa shape index (κ3) is 3.27. The van der Waals surface area contributed by atoms with Gasteiger partial charge in [-0.15, -0.1) is 0 Å². The zero-order valence-corrected chi connectivity index (χ0v) is 12.5. The zero-order valence-electron chi connectivity index (χ0n) is 10.4. The molecule has 20 heavy (non-hydrogen) atoms. The van der Waals surface area contributed by atoms with Gasteiger partial charge in [-0.2, -0.15) is 0 Å². The van der Waals surface area contributed by atoms with E-state index in [1.807, 2.05) is 12.1 Å². The Hall–Kier alpha value is -2.09. The summed E-state index contributed by atoms with van der Waals surface area (Å²) in [6.45, 7) is 0. The fourth-order valence-electron chi connectivity index (χ4n) is 1.69. The van der Waals surface area contributed by atoms with Crippen LogP contribution in [0.15, 0.2) is 53.7 Å². The number of amides is 1. The number of carbonyl (C=O) groups excluding carboxylic acids is 1. The molecule has 2 aromatic rings. The molecule has 2 rings (SSSR count). The van der Waals surface area contributed by atoms with Crippen LogP contribution < -0.4 is 11.1 Å². The van der Waals surface area contributed by atoms with Gasteiger partial charge in [-0.1, -0.05) is 23.4 Å². The second kappa shape index (κ2) is 6.38. The fraction of sp³-hybridized carbons (Fsp3) is 0. The molecule has 0 aliphatic heterocycles. The van der Waals surface area contributed by atoms with Crippen molar-refractivity contribution >= 4 is 40.0 Å². The van der Waals surface area contributed by atoms with E-state index in [1.54, 1.807) is 36.4 Å². The van der Waals surface area contributed by atoms with E-state index in [4.69, 9.17) is 10.9 Å². The Kier molecular flexibility index (Phi) is 4.57. The second-order valence-corrected chi connectivity index (χ2v) is 5.24. The van der Waals surface area contributed by atoms with E-state index in [1.165, 1.54) is 0 Å². The Labute approximate surface area is 129 Å². The summed E-state index contributed by atoms with van der Waals surface area (Å²) in [4.78, 5) is 12.2. The number of amidine groups is 1. The summed E-state index contributed by atoms with van der Waals surface area (Å²) in [6.07, 6.45) is 0. The largest absolute Gasteiger partial charge is 0.409 e. The van der Waals surface area contributed by atoms with Crippen molar-refractivity contribution in [3.05, 3.63) is 63.2 Å². The second-order valence-electron chi connectivity index (χ2n) is 4.00. The number of hydrogen-bond acceptors (Lipinski definition) is 3. The highest BCUT2D eigenvalue weighted by molar-refractivity contribution is 14.1.